The van der Waals surface area contributed by atoms with E-state index in [0.29, 0.717) is 5.25 Å². The second kappa shape index (κ2) is 5.47. The Morgan fingerprint density at radius 2 is 2.07 bits per heavy atom. The molecule has 0 spiro atoms. The van der Waals surface area contributed by atoms with Crippen LogP contribution in [0.3, 0.4) is 0 Å². The Morgan fingerprint density at radius 3 is 2.53 bits per heavy atom. The van der Waals surface area contributed by atoms with Crippen LogP contribution in [0.25, 0.3) is 0 Å². The van der Waals surface area contributed by atoms with Crippen LogP contribution in [-0.2, 0) is 5.75 Å². The first-order chi connectivity index (χ1) is 7.00. The molecular weight excluding hydrogens is 206 g/mol. The molecule has 0 saturated carbocycles. The fourth-order valence-corrected chi connectivity index (χ4v) is 1.90. The molecule has 1 atom stereocenters. The Kier molecular flexibility index (Phi) is 4.54. The van der Waals surface area contributed by atoms with Gasteiger partial charge in [0.15, 0.2) is 0 Å². The van der Waals surface area contributed by atoms with E-state index in [1.165, 1.54) is 0 Å². The fraction of sp³-hybridized carbons (Fsp3) is 0.636. The lowest BCUT2D eigenvalue weighted by Gasteiger charge is -2.10. The minimum atomic E-state index is 0.0109. The summed E-state index contributed by atoms with van der Waals surface area (Å²) in [4.78, 5) is 8.78. The summed E-state index contributed by atoms with van der Waals surface area (Å²) in [5.74, 6) is 1.77. The molecule has 2 N–H and O–H groups in total. The zero-order chi connectivity index (χ0) is 11.4. The first-order valence-corrected chi connectivity index (χ1v) is 6.25. The van der Waals surface area contributed by atoms with Crippen LogP contribution in [0.1, 0.15) is 43.9 Å². The Bertz CT molecular complexity index is 324. The summed E-state index contributed by atoms with van der Waals surface area (Å²) in [7, 11) is 0. The van der Waals surface area contributed by atoms with Crippen LogP contribution < -0.4 is 5.73 Å². The highest BCUT2D eigenvalue weighted by Gasteiger charge is 2.07. The molecule has 1 heterocycles. The molecule has 0 aliphatic heterocycles. The summed E-state index contributed by atoms with van der Waals surface area (Å²) in [6.07, 6.45) is 1.85. The summed E-state index contributed by atoms with van der Waals surface area (Å²) in [5, 5.41) is 0.613. The van der Waals surface area contributed by atoms with Crippen LogP contribution in [0.4, 0.5) is 0 Å². The summed E-state index contributed by atoms with van der Waals surface area (Å²) < 4.78 is 0. The second-order valence-electron chi connectivity index (χ2n) is 3.98. The number of aryl methyl sites for hydroxylation is 1. The van der Waals surface area contributed by atoms with Crippen molar-refractivity contribution in [3.8, 4) is 0 Å². The molecule has 0 unspecified atom stereocenters. The van der Waals surface area contributed by atoms with Gasteiger partial charge in [-0.05, 0) is 19.1 Å². The van der Waals surface area contributed by atoms with Gasteiger partial charge in [-0.15, -0.1) is 0 Å². The predicted octanol–water partition coefficient (Wildman–Crippen LogP) is 2.45. The Balaban J connectivity index is 2.73. The average Bonchev–Trinajstić information content (AvgIpc) is 2.14. The molecule has 1 aromatic rings. The first kappa shape index (κ1) is 12.5. The lowest BCUT2D eigenvalue weighted by atomic mass is 10.1. The zero-order valence-corrected chi connectivity index (χ0v) is 10.6. The highest BCUT2D eigenvalue weighted by molar-refractivity contribution is 7.99. The molecule has 0 aliphatic rings. The lowest BCUT2D eigenvalue weighted by molar-refractivity contribution is 0.781. The number of nitrogens with zero attached hydrogens (tertiary/aromatic N) is 2. The number of hydrogen-bond donors (Lipinski definition) is 1. The molecule has 0 saturated heterocycles. The van der Waals surface area contributed by atoms with E-state index in [0.717, 1.165) is 22.8 Å². The van der Waals surface area contributed by atoms with Crippen LogP contribution >= 0.6 is 11.8 Å². The number of rotatable bonds is 4. The molecule has 0 aromatic carbocycles. The normalized spacial score (nSPS) is 13.2. The van der Waals surface area contributed by atoms with Crippen LogP contribution in [0.5, 0.6) is 0 Å². The van der Waals surface area contributed by atoms with Crippen molar-refractivity contribution in [3.63, 3.8) is 0 Å². The van der Waals surface area contributed by atoms with Gasteiger partial charge in [0.1, 0.15) is 5.82 Å². The third-order valence-electron chi connectivity index (χ3n) is 2.10. The van der Waals surface area contributed by atoms with Crippen molar-refractivity contribution >= 4 is 11.8 Å². The molecule has 0 radical (unpaired) electrons. The van der Waals surface area contributed by atoms with Gasteiger partial charge in [0.25, 0.3) is 0 Å². The molecule has 15 heavy (non-hydrogen) atoms. The van der Waals surface area contributed by atoms with Gasteiger partial charge in [-0.25, -0.2) is 9.97 Å². The minimum absolute atomic E-state index is 0.0109. The van der Waals surface area contributed by atoms with E-state index >= 15 is 0 Å². The number of thioether (sulfide) groups is 1. The number of nitrogens with two attached hydrogens (primary N) is 1. The molecule has 1 aromatic heterocycles. The molecular formula is C11H19N3S. The van der Waals surface area contributed by atoms with Crippen molar-refractivity contribution in [2.45, 2.75) is 44.7 Å². The Labute approximate surface area is 95.9 Å². The Morgan fingerprint density at radius 1 is 1.40 bits per heavy atom. The quantitative estimate of drug-likeness (QED) is 0.855. The fourth-order valence-electron chi connectivity index (χ4n) is 1.28. The van der Waals surface area contributed by atoms with Crippen molar-refractivity contribution in [2.24, 2.45) is 5.73 Å². The van der Waals surface area contributed by atoms with E-state index in [2.05, 4.69) is 23.8 Å². The average molecular weight is 225 g/mol. The summed E-state index contributed by atoms with van der Waals surface area (Å²) in [6.45, 7) is 8.29. The smallest absolute Gasteiger partial charge is 0.138 e. The maximum Gasteiger partial charge on any atom is 0.138 e. The van der Waals surface area contributed by atoms with Gasteiger partial charge in [-0.1, -0.05) is 13.8 Å². The van der Waals surface area contributed by atoms with Gasteiger partial charge in [0, 0.05) is 23.5 Å². The van der Waals surface area contributed by atoms with Gasteiger partial charge >= 0.3 is 0 Å². The van der Waals surface area contributed by atoms with Crippen LogP contribution in [0.2, 0.25) is 0 Å². The SMILES string of the molecule is Cc1nc(CSC(C)C)ncc1[C@@H](C)N. The minimum Gasteiger partial charge on any atom is -0.324 e. The van der Waals surface area contributed by atoms with Gasteiger partial charge in [-0.3, -0.25) is 0 Å². The highest BCUT2D eigenvalue weighted by Crippen LogP contribution is 2.17. The highest BCUT2D eigenvalue weighted by atomic mass is 32.2. The Hall–Kier alpha value is -0.610. The van der Waals surface area contributed by atoms with Gasteiger partial charge in [0.05, 0.1) is 5.75 Å². The zero-order valence-electron chi connectivity index (χ0n) is 9.82. The van der Waals surface area contributed by atoms with Crippen molar-refractivity contribution in [2.75, 3.05) is 0 Å². The lowest BCUT2D eigenvalue weighted by Crippen LogP contribution is -2.10. The predicted molar refractivity (Wildman–Crippen MR) is 65.8 cm³/mol. The van der Waals surface area contributed by atoms with E-state index in [1.807, 2.05) is 31.8 Å². The van der Waals surface area contributed by atoms with Crippen molar-refractivity contribution in [3.05, 3.63) is 23.3 Å². The molecule has 0 amide bonds. The summed E-state index contributed by atoms with van der Waals surface area (Å²) in [5.41, 5.74) is 7.84. The van der Waals surface area contributed by atoms with Crippen LogP contribution in [0.15, 0.2) is 6.20 Å². The van der Waals surface area contributed by atoms with Crippen LogP contribution in [0, 0.1) is 6.92 Å². The molecule has 84 valence electrons. The maximum absolute atomic E-state index is 5.80. The van der Waals surface area contributed by atoms with Gasteiger partial charge < -0.3 is 5.73 Å². The second-order valence-corrected chi connectivity index (χ2v) is 5.54. The van der Waals surface area contributed by atoms with Crippen molar-refractivity contribution in [1.29, 1.82) is 0 Å². The van der Waals surface area contributed by atoms with Crippen molar-refractivity contribution in [1.82, 2.24) is 9.97 Å². The van der Waals surface area contributed by atoms with E-state index < -0.39 is 0 Å². The van der Waals surface area contributed by atoms with Crippen LogP contribution in [-0.4, -0.2) is 15.2 Å². The third-order valence-corrected chi connectivity index (χ3v) is 3.20. The number of hydrogen-bond acceptors (Lipinski definition) is 4. The summed E-state index contributed by atoms with van der Waals surface area (Å²) in [6, 6.07) is 0.0109. The maximum atomic E-state index is 5.80. The van der Waals surface area contributed by atoms with Gasteiger partial charge in [0.2, 0.25) is 0 Å². The van der Waals surface area contributed by atoms with E-state index in [4.69, 9.17) is 5.73 Å². The van der Waals surface area contributed by atoms with E-state index in [9.17, 15) is 0 Å². The molecule has 4 heteroatoms. The third kappa shape index (κ3) is 3.80. The first-order valence-electron chi connectivity index (χ1n) is 5.20. The summed E-state index contributed by atoms with van der Waals surface area (Å²) >= 11 is 1.85. The monoisotopic (exact) mass is 225 g/mol. The molecule has 0 bridgehead atoms. The standard InChI is InChI=1S/C11H19N3S/c1-7(2)15-6-11-13-5-10(8(3)12)9(4)14-11/h5,7-8H,6,12H2,1-4H3/t8-/m1/s1. The number of aromatic nitrogens is 2. The van der Waals surface area contributed by atoms with E-state index in [1.54, 1.807) is 0 Å². The van der Waals surface area contributed by atoms with E-state index in [-0.39, 0.29) is 6.04 Å². The molecule has 0 aliphatic carbocycles. The van der Waals surface area contributed by atoms with Crippen molar-refractivity contribution < 1.29 is 0 Å². The molecule has 1 rings (SSSR count). The largest absolute Gasteiger partial charge is 0.324 e. The molecule has 3 nitrogen and oxygen atoms in total. The topological polar surface area (TPSA) is 51.8 Å². The van der Waals surface area contributed by atoms with Gasteiger partial charge in [-0.2, -0.15) is 11.8 Å². The molecule has 0 fully saturated rings.